The second-order valence-corrected chi connectivity index (χ2v) is 6.98. The molecule has 0 N–H and O–H groups in total. The third-order valence-electron chi connectivity index (χ3n) is 4.75. The average molecular weight is 367 g/mol. The summed E-state index contributed by atoms with van der Waals surface area (Å²) in [5.41, 5.74) is 2.26. The Morgan fingerprint density at radius 2 is 1.92 bits per heavy atom. The zero-order valence-electron chi connectivity index (χ0n) is 14.9. The molecule has 0 spiro atoms. The van der Waals surface area contributed by atoms with E-state index in [1.807, 2.05) is 30.3 Å². The third kappa shape index (κ3) is 3.12. The second-order valence-electron chi connectivity index (χ2n) is 6.22. The zero-order valence-corrected chi connectivity index (χ0v) is 15.7. The number of methoxy groups -OCH3 is 2. The number of aromatic nitrogens is 2. The van der Waals surface area contributed by atoms with Crippen LogP contribution in [0.3, 0.4) is 0 Å². The lowest BCUT2D eigenvalue weighted by atomic mass is 10.0. The smallest absolute Gasteiger partial charge is 0.238 e. The van der Waals surface area contributed by atoms with Crippen LogP contribution in [0.25, 0.3) is 10.6 Å². The molecule has 134 valence electrons. The molecule has 0 unspecified atom stereocenters. The molecule has 1 aromatic heterocycles. The van der Waals surface area contributed by atoms with Crippen LogP contribution in [-0.2, 0) is 0 Å². The Morgan fingerprint density at radius 3 is 2.69 bits per heavy atom. The highest BCUT2D eigenvalue weighted by Crippen LogP contribution is 2.41. The van der Waals surface area contributed by atoms with Gasteiger partial charge in [0.1, 0.15) is 16.5 Å². The summed E-state index contributed by atoms with van der Waals surface area (Å²) in [5, 5.41) is 0.952. The molecular weight excluding hydrogens is 346 g/mol. The summed E-state index contributed by atoms with van der Waals surface area (Å²) in [5.74, 6) is 2.45. The molecule has 1 fully saturated rings. The molecule has 5 nitrogen and oxygen atoms in total. The summed E-state index contributed by atoms with van der Waals surface area (Å²) in [6.07, 6.45) is 2.17. The molecule has 1 atom stereocenters. The van der Waals surface area contributed by atoms with E-state index in [1.165, 1.54) is 11.5 Å². The van der Waals surface area contributed by atoms with Crippen LogP contribution in [0.5, 0.6) is 11.5 Å². The number of rotatable bonds is 5. The normalized spacial score (nSPS) is 16.7. The van der Waals surface area contributed by atoms with Gasteiger partial charge in [-0.2, -0.15) is 9.36 Å². The summed E-state index contributed by atoms with van der Waals surface area (Å²) in [6, 6.07) is 16.4. The highest BCUT2D eigenvalue weighted by atomic mass is 32.1. The van der Waals surface area contributed by atoms with Crippen molar-refractivity contribution in [1.82, 2.24) is 9.36 Å². The van der Waals surface area contributed by atoms with Crippen LogP contribution in [-0.4, -0.2) is 30.1 Å². The van der Waals surface area contributed by atoms with Crippen LogP contribution in [0.1, 0.15) is 24.4 Å². The Kier molecular flexibility index (Phi) is 4.75. The van der Waals surface area contributed by atoms with Gasteiger partial charge in [-0.05, 0) is 36.5 Å². The molecule has 3 aromatic rings. The van der Waals surface area contributed by atoms with Crippen molar-refractivity contribution in [3.05, 3.63) is 54.1 Å². The summed E-state index contributed by atoms with van der Waals surface area (Å²) < 4.78 is 15.6. The van der Waals surface area contributed by atoms with Crippen LogP contribution < -0.4 is 14.4 Å². The number of nitrogens with zero attached hydrogens (tertiary/aromatic N) is 3. The van der Waals surface area contributed by atoms with Crippen LogP contribution in [0.2, 0.25) is 0 Å². The number of hydrogen-bond acceptors (Lipinski definition) is 6. The van der Waals surface area contributed by atoms with Crippen molar-refractivity contribution in [2.75, 3.05) is 25.7 Å². The van der Waals surface area contributed by atoms with E-state index in [9.17, 15) is 0 Å². The van der Waals surface area contributed by atoms with Crippen molar-refractivity contribution in [3.8, 4) is 22.1 Å². The van der Waals surface area contributed by atoms with Crippen molar-refractivity contribution in [2.24, 2.45) is 0 Å². The van der Waals surface area contributed by atoms with E-state index >= 15 is 0 Å². The van der Waals surface area contributed by atoms with Gasteiger partial charge in [0.2, 0.25) is 5.95 Å². The molecule has 0 bridgehead atoms. The van der Waals surface area contributed by atoms with Crippen molar-refractivity contribution < 1.29 is 9.47 Å². The molecule has 2 aromatic carbocycles. The Morgan fingerprint density at radius 1 is 1.08 bits per heavy atom. The fourth-order valence-electron chi connectivity index (χ4n) is 3.45. The SMILES string of the molecule is COc1ccc([C@@H]2CCCN2c2nsc(-c3ccccc3)n2)c(OC)c1. The van der Waals surface area contributed by atoms with Gasteiger partial charge in [0, 0.05) is 23.7 Å². The standard InChI is InChI=1S/C20H21N3O2S/c1-24-15-10-11-16(18(13-15)25-2)17-9-6-12-23(17)20-21-19(26-22-20)14-7-4-3-5-8-14/h3-5,7-8,10-11,13,17H,6,9,12H2,1-2H3/t17-/m0/s1. The maximum absolute atomic E-state index is 5.61. The first-order valence-corrected chi connectivity index (χ1v) is 9.45. The molecule has 6 heteroatoms. The van der Waals surface area contributed by atoms with Crippen LogP contribution >= 0.6 is 11.5 Å². The molecule has 26 heavy (non-hydrogen) atoms. The van der Waals surface area contributed by atoms with E-state index < -0.39 is 0 Å². The first-order chi connectivity index (χ1) is 12.8. The summed E-state index contributed by atoms with van der Waals surface area (Å²) >= 11 is 1.45. The molecule has 1 aliphatic rings. The molecule has 0 aliphatic carbocycles. The van der Waals surface area contributed by atoms with Gasteiger partial charge in [0.15, 0.2) is 0 Å². The van der Waals surface area contributed by atoms with Crippen molar-refractivity contribution >= 4 is 17.5 Å². The summed E-state index contributed by atoms with van der Waals surface area (Å²) in [7, 11) is 3.37. The number of hydrogen-bond donors (Lipinski definition) is 0. The molecule has 1 saturated heterocycles. The van der Waals surface area contributed by atoms with Crippen molar-refractivity contribution in [2.45, 2.75) is 18.9 Å². The largest absolute Gasteiger partial charge is 0.497 e. The quantitative estimate of drug-likeness (QED) is 0.661. The lowest BCUT2D eigenvalue weighted by molar-refractivity contribution is 0.388. The minimum absolute atomic E-state index is 0.217. The van der Waals surface area contributed by atoms with Crippen LogP contribution in [0.4, 0.5) is 5.95 Å². The van der Waals surface area contributed by atoms with Gasteiger partial charge >= 0.3 is 0 Å². The van der Waals surface area contributed by atoms with E-state index in [0.29, 0.717) is 0 Å². The maximum Gasteiger partial charge on any atom is 0.238 e. The van der Waals surface area contributed by atoms with Gasteiger partial charge in [-0.3, -0.25) is 0 Å². The Balaban J connectivity index is 1.65. The van der Waals surface area contributed by atoms with E-state index in [0.717, 1.165) is 53.0 Å². The van der Waals surface area contributed by atoms with Gasteiger partial charge in [-0.1, -0.05) is 30.3 Å². The third-order valence-corrected chi connectivity index (χ3v) is 5.50. The molecule has 0 amide bonds. The summed E-state index contributed by atoms with van der Waals surface area (Å²) in [6.45, 7) is 0.949. The van der Waals surface area contributed by atoms with Crippen LogP contribution in [0, 0.1) is 0 Å². The lowest BCUT2D eigenvalue weighted by Gasteiger charge is -2.25. The van der Waals surface area contributed by atoms with Crippen molar-refractivity contribution in [3.63, 3.8) is 0 Å². The molecule has 1 aliphatic heterocycles. The number of anilines is 1. The zero-order chi connectivity index (χ0) is 17.9. The minimum Gasteiger partial charge on any atom is -0.497 e. The Labute approximate surface area is 157 Å². The van der Waals surface area contributed by atoms with E-state index in [1.54, 1.807) is 14.2 Å². The average Bonchev–Trinajstić information content (AvgIpc) is 3.37. The predicted octanol–water partition coefficient (Wildman–Crippen LogP) is 4.56. The van der Waals surface area contributed by atoms with Gasteiger partial charge in [-0.25, -0.2) is 0 Å². The van der Waals surface area contributed by atoms with E-state index in [-0.39, 0.29) is 6.04 Å². The highest BCUT2D eigenvalue weighted by molar-refractivity contribution is 7.09. The fourth-order valence-corrected chi connectivity index (χ4v) is 4.13. The maximum atomic E-state index is 5.61. The van der Waals surface area contributed by atoms with Crippen LogP contribution in [0.15, 0.2) is 48.5 Å². The molecule has 0 radical (unpaired) electrons. The molecule has 0 saturated carbocycles. The molecule has 4 rings (SSSR count). The van der Waals surface area contributed by atoms with E-state index in [2.05, 4.69) is 27.5 Å². The first-order valence-electron chi connectivity index (χ1n) is 8.68. The fraction of sp³-hybridized carbons (Fsp3) is 0.300. The second kappa shape index (κ2) is 7.33. The molecule has 2 heterocycles. The Hall–Kier alpha value is -2.60. The van der Waals surface area contributed by atoms with E-state index in [4.69, 9.17) is 14.5 Å². The van der Waals surface area contributed by atoms with Gasteiger partial charge in [0.05, 0.1) is 20.3 Å². The lowest BCUT2D eigenvalue weighted by Crippen LogP contribution is -2.24. The minimum atomic E-state index is 0.217. The van der Waals surface area contributed by atoms with Gasteiger partial charge in [0.25, 0.3) is 0 Å². The number of benzene rings is 2. The predicted molar refractivity (Wildman–Crippen MR) is 104 cm³/mol. The van der Waals surface area contributed by atoms with Crippen molar-refractivity contribution in [1.29, 1.82) is 0 Å². The first kappa shape index (κ1) is 16.8. The molecular formula is C20H21N3O2S. The Bertz CT molecular complexity index is 882. The number of ether oxygens (including phenoxy) is 2. The monoisotopic (exact) mass is 367 g/mol. The summed E-state index contributed by atoms with van der Waals surface area (Å²) in [4.78, 5) is 7.08. The van der Waals surface area contributed by atoms with Gasteiger partial charge in [-0.15, -0.1) is 0 Å². The topological polar surface area (TPSA) is 47.5 Å². The highest BCUT2D eigenvalue weighted by Gasteiger charge is 2.31. The van der Waals surface area contributed by atoms with Gasteiger partial charge < -0.3 is 14.4 Å².